The van der Waals surface area contributed by atoms with Crippen molar-refractivity contribution in [3.05, 3.63) is 70.6 Å². The molecule has 0 spiro atoms. The second-order valence-electron chi connectivity index (χ2n) is 7.65. The van der Waals surface area contributed by atoms with Crippen LogP contribution >= 0.6 is 0 Å². The van der Waals surface area contributed by atoms with Crippen LogP contribution in [0.2, 0.25) is 0 Å². The fraction of sp³-hybridized carbons (Fsp3) is 0.174. The molecule has 35 heavy (non-hydrogen) atoms. The molecule has 2 heterocycles. The third kappa shape index (κ3) is 5.79. The third-order valence-corrected chi connectivity index (χ3v) is 5.27. The molecule has 0 saturated heterocycles. The lowest BCUT2D eigenvalue weighted by Crippen LogP contribution is -2.39. The molecule has 0 aliphatic heterocycles. The highest BCUT2D eigenvalue weighted by atomic mass is 19.1. The average molecular weight is 480 g/mol. The highest BCUT2D eigenvalue weighted by Gasteiger charge is 2.20. The number of anilines is 4. The number of carbonyl (C=O) groups is 2. The number of hydrogen-bond donors (Lipinski definition) is 5. The van der Waals surface area contributed by atoms with Crippen LogP contribution in [0.3, 0.4) is 0 Å². The maximum Gasteiger partial charge on any atom is 0.417 e. The molecule has 1 amide bonds. The lowest BCUT2D eigenvalue weighted by Gasteiger charge is -2.26. The maximum absolute atomic E-state index is 14.3. The highest BCUT2D eigenvalue weighted by molar-refractivity contribution is 5.94. The number of H-pyrrole nitrogens is 1. The van der Waals surface area contributed by atoms with E-state index in [9.17, 15) is 14.0 Å². The van der Waals surface area contributed by atoms with E-state index in [1.54, 1.807) is 42.5 Å². The molecule has 2 aromatic carbocycles. The van der Waals surface area contributed by atoms with Crippen LogP contribution < -0.4 is 21.7 Å². The molecule has 2 aromatic heterocycles. The number of aromatic nitrogens is 3. The van der Waals surface area contributed by atoms with Crippen molar-refractivity contribution in [3.8, 4) is 0 Å². The lowest BCUT2D eigenvalue weighted by molar-refractivity contribution is -0.122. The summed E-state index contributed by atoms with van der Waals surface area (Å²) in [5, 5.41) is 15.7. The fourth-order valence-electron chi connectivity index (χ4n) is 3.34. The Morgan fingerprint density at radius 3 is 2.54 bits per heavy atom. The van der Waals surface area contributed by atoms with Gasteiger partial charge in [-0.3, -0.25) is 14.6 Å². The van der Waals surface area contributed by atoms with E-state index in [4.69, 9.17) is 14.3 Å². The van der Waals surface area contributed by atoms with Crippen molar-refractivity contribution >= 4 is 46.6 Å². The van der Waals surface area contributed by atoms with Crippen molar-refractivity contribution in [3.63, 3.8) is 0 Å². The number of oxazole rings is 1. The number of benzene rings is 2. The van der Waals surface area contributed by atoms with E-state index >= 15 is 0 Å². The van der Waals surface area contributed by atoms with Crippen molar-refractivity contribution in [2.45, 2.75) is 25.3 Å². The van der Waals surface area contributed by atoms with Crippen LogP contribution in [0.4, 0.5) is 27.5 Å². The Kier molecular flexibility index (Phi) is 7.00. The molecular formula is C23H21FN6O5. The minimum Gasteiger partial charge on any atom is -0.483 e. The van der Waals surface area contributed by atoms with Gasteiger partial charge in [-0.25, -0.2) is 14.2 Å². The Hall–Kier alpha value is -4.74. The van der Waals surface area contributed by atoms with Crippen LogP contribution in [-0.4, -0.2) is 38.5 Å². The van der Waals surface area contributed by atoms with Gasteiger partial charge in [0.25, 0.3) is 12.4 Å². The summed E-state index contributed by atoms with van der Waals surface area (Å²) >= 11 is 0. The average Bonchev–Trinajstić information content (AvgIpc) is 3.19. The summed E-state index contributed by atoms with van der Waals surface area (Å²) in [6.07, 6.45) is 4.26. The summed E-state index contributed by atoms with van der Waals surface area (Å²) in [4.78, 5) is 42.6. The zero-order chi connectivity index (χ0) is 24.8. The van der Waals surface area contributed by atoms with Crippen molar-refractivity contribution in [1.82, 2.24) is 20.3 Å². The van der Waals surface area contributed by atoms with Crippen molar-refractivity contribution < 1.29 is 23.5 Å². The number of amides is 1. The summed E-state index contributed by atoms with van der Waals surface area (Å²) in [7, 11) is 0. The van der Waals surface area contributed by atoms with E-state index in [-0.39, 0.29) is 30.2 Å². The lowest BCUT2D eigenvalue weighted by atomic mass is 9.93. The predicted octanol–water partition coefficient (Wildman–Crippen LogP) is 3.52. The van der Waals surface area contributed by atoms with Crippen molar-refractivity contribution in [1.29, 1.82) is 0 Å². The molecular weight excluding hydrogens is 459 g/mol. The standard InChI is InChI=1S/C22H19FN6O3.CH2O2/c23-16-11-24-21(27-14-6-4-12(5-7-14)20(30)26-13-2-1-3-13)29-19(16)25-15-8-9-18-17(10-15)28-22(31)32-18;2-1-3/h4-11,13H,1-3H2,(H,26,30)(H,28,31)(H2,24,25,27,29);1H,(H,2,3). The monoisotopic (exact) mass is 480 g/mol. The first-order valence-corrected chi connectivity index (χ1v) is 10.6. The van der Waals surface area contributed by atoms with Crippen LogP contribution in [0.1, 0.15) is 29.6 Å². The minimum absolute atomic E-state index is 0.0378. The predicted molar refractivity (Wildman–Crippen MR) is 126 cm³/mol. The number of carboxylic acid groups (broad SMARTS) is 1. The van der Waals surface area contributed by atoms with Crippen LogP contribution in [0, 0.1) is 5.82 Å². The molecule has 1 saturated carbocycles. The molecule has 180 valence electrons. The van der Waals surface area contributed by atoms with Gasteiger partial charge in [-0.1, -0.05) is 0 Å². The first-order valence-electron chi connectivity index (χ1n) is 10.6. The molecule has 4 aromatic rings. The quantitative estimate of drug-likeness (QED) is 0.260. The zero-order valence-electron chi connectivity index (χ0n) is 18.2. The van der Waals surface area contributed by atoms with Gasteiger partial charge in [-0.05, 0) is 61.7 Å². The zero-order valence-corrected chi connectivity index (χ0v) is 18.2. The number of hydrogen-bond acceptors (Lipinski definition) is 8. The van der Waals surface area contributed by atoms with Crippen LogP contribution in [-0.2, 0) is 4.79 Å². The normalized spacial score (nSPS) is 12.7. The molecule has 12 heteroatoms. The topological polar surface area (TPSA) is 162 Å². The Morgan fingerprint density at radius 2 is 1.86 bits per heavy atom. The van der Waals surface area contributed by atoms with Crippen LogP contribution in [0.15, 0.2) is 57.9 Å². The van der Waals surface area contributed by atoms with Gasteiger partial charge in [0.15, 0.2) is 17.2 Å². The van der Waals surface area contributed by atoms with Crippen molar-refractivity contribution in [2.75, 3.05) is 10.6 Å². The van der Waals surface area contributed by atoms with E-state index in [0.717, 1.165) is 25.5 Å². The molecule has 5 N–H and O–H groups in total. The number of nitrogens with zero attached hydrogens (tertiary/aromatic N) is 2. The van der Waals surface area contributed by atoms with Crippen LogP contribution in [0.25, 0.3) is 11.1 Å². The van der Waals surface area contributed by atoms with E-state index in [1.807, 2.05) is 0 Å². The first kappa shape index (κ1) is 23.4. The van der Waals surface area contributed by atoms with Gasteiger partial charge in [0, 0.05) is 23.0 Å². The fourth-order valence-corrected chi connectivity index (χ4v) is 3.34. The van der Waals surface area contributed by atoms with Gasteiger partial charge in [-0.2, -0.15) is 4.98 Å². The number of nitrogens with one attached hydrogen (secondary N) is 4. The molecule has 1 aliphatic carbocycles. The van der Waals surface area contributed by atoms with Gasteiger partial charge in [0.05, 0.1) is 11.7 Å². The van der Waals surface area contributed by atoms with Gasteiger partial charge in [0.2, 0.25) is 5.95 Å². The van der Waals surface area contributed by atoms with E-state index in [1.165, 1.54) is 0 Å². The number of carbonyl (C=O) groups excluding carboxylic acids is 1. The largest absolute Gasteiger partial charge is 0.483 e. The molecule has 1 aliphatic rings. The number of halogens is 1. The Bertz CT molecular complexity index is 1400. The molecule has 0 atom stereocenters. The highest BCUT2D eigenvalue weighted by Crippen LogP contribution is 2.23. The molecule has 0 radical (unpaired) electrons. The summed E-state index contributed by atoms with van der Waals surface area (Å²) in [6.45, 7) is -0.250. The number of rotatable bonds is 6. The Labute approximate surface area is 197 Å². The van der Waals surface area contributed by atoms with Gasteiger partial charge in [0.1, 0.15) is 0 Å². The minimum atomic E-state index is -0.639. The number of fused-ring (bicyclic) bond motifs is 1. The smallest absolute Gasteiger partial charge is 0.417 e. The Morgan fingerprint density at radius 1 is 1.14 bits per heavy atom. The summed E-state index contributed by atoms with van der Waals surface area (Å²) in [5.41, 5.74) is 2.61. The summed E-state index contributed by atoms with van der Waals surface area (Å²) in [5.74, 6) is -1.16. The summed E-state index contributed by atoms with van der Waals surface area (Å²) in [6, 6.07) is 12.0. The van der Waals surface area contributed by atoms with E-state index in [2.05, 4.69) is 30.9 Å². The molecule has 11 nitrogen and oxygen atoms in total. The van der Waals surface area contributed by atoms with Gasteiger partial charge in [-0.15, -0.1) is 0 Å². The first-order chi connectivity index (χ1) is 16.9. The molecule has 0 unspecified atom stereocenters. The SMILES string of the molecule is O=C(NC1CCC1)c1ccc(Nc2ncc(F)c(Nc3ccc4oc(=O)[nH]c4c3)n2)cc1.O=CO. The molecule has 5 rings (SSSR count). The maximum atomic E-state index is 14.3. The Balaban J connectivity index is 0.000000917. The van der Waals surface area contributed by atoms with E-state index < -0.39 is 11.6 Å². The summed E-state index contributed by atoms with van der Waals surface area (Å²) < 4.78 is 19.2. The third-order valence-electron chi connectivity index (χ3n) is 5.27. The van der Waals surface area contributed by atoms with E-state index in [0.29, 0.717) is 28.0 Å². The molecule has 1 fully saturated rings. The molecule has 0 bridgehead atoms. The second-order valence-corrected chi connectivity index (χ2v) is 7.65. The number of aromatic amines is 1. The second kappa shape index (κ2) is 10.5. The van der Waals surface area contributed by atoms with Crippen LogP contribution in [0.5, 0.6) is 0 Å². The van der Waals surface area contributed by atoms with Crippen molar-refractivity contribution in [2.24, 2.45) is 0 Å². The van der Waals surface area contributed by atoms with Gasteiger partial charge >= 0.3 is 5.76 Å². The van der Waals surface area contributed by atoms with Gasteiger partial charge < -0.3 is 25.5 Å².